The van der Waals surface area contributed by atoms with Gasteiger partial charge >= 0.3 is 0 Å². The van der Waals surface area contributed by atoms with Crippen LogP contribution < -0.4 is 5.73 Å². The standard InChI is InChI=1S/C14H27N3O2/c1-4-12(13(15)16-19)14(18)17-8-5-6-11(7-9-17)10(2)3/h10-12,19H,4-9H2,1-3H3,(H2,15,16). The highest BCUT2D eigenvalue weighted by Gasteiger charge is 2.28. The molecule has 1 aliphatic rings. The normalized spacial score (nSPS) is 23.3. The molecule has 0 bridgehead atoms. The molecular formula is C14H27N3O2. The van der Waals surface area contributed by atoms with Crippen LogP contribution in [0.3, 0.4) is 0 Å². The van der Waals surface area contributed by atoms with Gasteiger partial charge in [-0.1, -0.05) is 25.9 Å². The number of carbonyl (C=O) groups is 1. The molecule has 0 saturated carbocycles. The van der Waals surface area contributed by atoms with E-state index >= 15 is 0 Å². The zero-order valence-corrected chi connectivity index (χ0v) is 12.3. The number of amides is 1. The molecular weight excluding hydrogens is 242 g/mol. The van der Waals surface area contributed by atoms with E-state index in [9.17, 15) is 4.79 Å². The summed E-state index contributed by atoms with van der Waals surface area (Å²) in [4.78, 5) is 14.3. The number of amidine groups is 1. The van der Waals surface area contributed by atoms with Gasteiger partial charge in [0, 0.05) is 13.1 Å². The molecule has 0 aliphatic carbocycles. The first kappa shape index (κ1) is 15.8. The largest absolute Gasteiger partial charge is 0.409 e. The first-order valence-corrected chi connectivity index (χ1v) is 7.27. The molecule has 0 radical (unpaired) electrons. The molecule has 110 valence electrons. The topological polar surface area (TPSA) is 78.9 Å². The number of hydrogen-bond donors (Lipinski definition) is 2. The third kappa shape index (κ3) is 4.11. The average molecular weight is 269 g/mol. The second-order valence-corrected chi connectivity index (χ2v) is 5.75. The number of carbonyl (C=O) groups excluding carboxylic acids is 1. The SMILES string of the molecule is CCC(C(=O)N1CCCC(C(C)C)CC1)C(N)=NO. The number of oxime groups is 1. The van der Waals surface area contributed by atoms with E-state index in [1.165, 1.54) is 6.42 Å². The Morgan fingerprint density at radius 2 is 2.11 bits per heavy atom. The summed E-state index contributed by atoms with van der Waals surface area (Å²) in [7, 11) is 0. The molecule has 1 aliphatic heterocycles. The molecule has 0 spiro atoms. The highest BCUT2D eigenvalue weighted by atomic mass is 16.4. The summed E-state index contributed by atoms with van der Waals surface area (Å²) in [5, 5.41) is 11.7. The zero-order chi connectivity index (χ0) is 14.4. The summed E-state index contributed by atoms with van der Waals surface area (Å²) < 4.78 is 0. The van der Waals surface area contributed by atoms with E-state index in [1.807, 2.05) is 11.8 Å². The summed E-state index contributed by atoms with van der Waals surface area (Å²) in [6.45, 7) is 7.95. The van der Waals surface area contributed by atoms with Gasteiger partial charge in [0.05, 0.1) is 5.92 Å². The monoisotopic (exact) mass is 269 g/mol. The fourth-order valence-corrected chi connectivity index (χ4v) is 2.81. The Hall–Kier alpha value is -1.26. The lowest BCUT2D eigenvalue weighted by Crippen LogP contribution is -2.42. The van der Waals surface area contributed by atoms with Crippen LogP contribution in [0.25, 0.3) is 0 Å². The summed E-state index contributed by atoms with van der Waals surface area (Å²) in [5.74, 6) is 0.905. The number of rotatable bonds is 4. The lowest BCUT2D eigenvalue weighted by Gasteiger charge is -2.25. The van der Waals surface area contributed by atoms with E-state index in [0.29, 0.717) is 18.3 Å². The Morgan fingerprint density at radius 3 is 2.63 bits per heavy atom. The Bertz CT molecular complexity index is 329. The molecule has 2 atom stereocenters. The number of nitrogens with zero attached hydrogens (tertiary/aromatic N) is 2. The Morgan fingerprint density at radius 1 is 1.42 bits per heavy atom. The molecule has 1 rings (SSSR count). The van der Waals surface area contributed by atoms with Gasteiger partial charge in [-0.05, 0) is 37.5 Å². The van der Waals surface area contributed by atoms with Gasteiger partial charge in [0.2, 0.25) is 5.91 Å². The van der Waals surface area contributed by atoms with Crippen molar-refractivity contribution in [1.82, 2.24) is 4.90 Å². The second kappa shape index (κ2) is 7.36. The number of nitrogens with two attached hydrogens (primary N) is 1. The van der Waals surface area contributed by atoms with Crippen molar-refractivity contribution in [3.05, 3.63) is 0 Å². The molecule has 5 heteroatoms. The minimum atomic E-state index is -0.486. The summed E-state index contributed by atoms with van der Waals surface area (Å²) >= 11 is 0. The lowest BCUT2D eigenvalue weighted by molar-refractivity contribution is -0.133. The fourth-order valence-electron chi connectivity index (χ4n) is 2.81. The van der Waals surface area contributed by atoms with Crippen LogP contribution in [0.5, 0.6) is 0 Å². The van der Waals surface area contributed by atoms with Crippen LogP contribution in [-0.4, -0.2) is 34.9 Å². The fraction of sp³-hybridized carbons (Fsp3) is 0.857. The van der Waals surface area contributed by atoms with Crippen LogP contribution in [0.2, 0.25) is 0 Å². The molecule has 1 amide bonds. The van der Waals surface area contributed by atoms with E-state index in [4.69, 9.17) is 10.9 Å². The smallest absolute Gasteiger partial charge is 0.233 e. The highest BCUT2D eigenvalue weighted by Crippen LogP contribution is 2.25. The Kier molecular flexibility index (Phi) is 6.12. The number of hydrogen-bond acceptors (Lipinski definition) is 3. The van der Waals surface area contributed by atoms with Gasteiger partial charge in [-0.3, -0.25) is 4.79 Å². The highest BCUT2D eigenvalue weighted by molar-refractivity contribution is 6.02. The maximum absolute atomic E-state index is 12.4. The van der Waals surface area contributed by atoms with E-state index in [0.717, 1.165) is 25.9 Å². The third-order valence-corrected chi connectivity index (χ3v) is 4.21. The maximum atomic E-state index is 12.4. The summed E-state index contributed by atoms with van der Waals surface area (Å²) in [6.07, 6.45) is 3.85. The van der Waals surface area contributed by atoms with Crippen LogP contribution in [0.1, 0.15) is 46.5 Å². The minimum Gasteiger partial charge on any atom is -0.409 e. The first-order valence-electron chi connectivity index (χ1n) is 7.27. The molecule has 1 heterocycles. The molecule has 5 nitrogen and oxygen atoms in total. The zero-order valence-electron chi connectivity index (χ0n) is 12.3. The van der Waals surface area contributed by atoms with Crippen molar-refractivity contribution in [2.75, 3.05) is 13.1 Å². The predicted molar refractivity (Wildman–Crippen MR) is 75.9 cm³/mol. The van der Waals surface area contributed by atoms with Gasteiger partial charge < -0.3 is 15.8 Å². The van der Waals surface area contributed by atoms with Gasteiger partial charge in [-0.2, -0.15) is 0 Å². The van der Waals surface area contributed by atoms with Crippen molar-refractivity contribution in [2.24, 2.45) is 28.6 Å². The first-order chi connectivity index (χ1) is 9.01. The third-order valence-electron chi connectivity index (χ3n) is 4.21. The Balaban J connectivity index is 2.67. The van der Waals surface area contributed by atoms with Gasteiger partial charge in [-0.15, -0.1) is 0 Å². The van der Waals surface area contributed by atoms with E-state index in [1.54, 1.807) is 0 Å². The van der Waals surface area contributed by atoms with Crippen LogP contribution in [-0.2, 0) is 4.79 Å². The van der Waals surface area contributed by atoms with Crippen molar-refractivity contribution >= 4 is 11.7 Å². The van der Waals surface area contributed by atoms with Crippen molar-refractivity contribution < 1.29 is 10.0 Å². The number of likely N-dealkylation sites (tertiary alicyclic amines) is 1. The molecule has 1 saturated heterocycles. The van der Waals surface area contributed by atoms with Gasteiger partial charge in [0.25, 0.3) is 0 Å². The predicted octanol–water partition coefficient (Wildman–Crippen LogP) is 2.04. The van der Waals surface area contributed by atoms with Crippen molar-refractivity contribution in [3.8, 4) is 0 Å². The summed E-state index contributed by atoms with van der Waals surface area (Å²) in [6, 6.07) is 0. The molecule has 19 heavy (non-hydrogen) atoms. The van der Waals surface area contributed by atoms with Gasteiger partial charge in [-0.25, -0.2) is 0 Å². The minimum absolute atomic E-state index is 0.00204. The Labute approximate surface area is 115 Å². The second-order valence-electron chi connectivity index (χ2n) is 5.75. The quantitative estimate of drug-likeness (QED) is 0.355. The molecule has 3 N–H and O–H groups in total. The lowest BCUT2D eigenvalue weighted by atomic mass is 9.89. The van der Waals surface area contributed by atoms with E-state index in [2.05, 4.69) is 19.0 Å². The van der Waals surface area contributed by atoms with Crippen LogP contribution in [0.15, 0.2) is 5.16 Å². The molecule has 0 aromatic carbocycles. The molecule has 0 aromatic rings. The van der Waals surface area contributed by atoms with Crippen LogP contribution in [0, 0.1) is 17.8 Å². The van der Waals surface area contributed by atoms with Crippen molar-refractivity contribution in [3.63, 3.8) is 0 Å². The van der Waals surface area contributed by atoms with Crippen LogP contribution in [0.4, 0.5) is 0 Å². The van der Waals surface area contributed by atoms with E-state index in [-0.39, 0.29) is 11.7 Å². The van der Waals surface area contributed by atoms with Crippen molar-refractivity contribution in [1.29, 1.82) is 0 Å². The average Bonchev–Trinajstić information content (AvgIpc) is 2.64. The maximum Gasteiger partial charge on any atom is 0.233 e. The summed E-state index contributed by atoms with van der Waals surface area (Å²) in [5.41, 5.74) is 5.60. The molecule has 0 aromatic heterocycles. The van der Waals surface area contributed by atoms with Crippen molar-refractivity contribution in [2.45, 2.75) is 46.5 Å². The van der Waals surface area contributed by atoms with E-state index < -0.39 is 5.92 Å². The molecule has 1 fully saturated rings. The van der Waals surface area contributed by atoms with Gasteiger partial charge in [0.15, 0.2) is 5.84 Å². The van der Waals surface area contributed by atoms with Gasteiger partial charge in [0.1, 0.15) is 0 Å². The van der Waals surface area contributed by atoms with Crippen LogP contribution >= 0.6 is 0 Å². The molecule has 2 unspecified atom stereocenters.